The molecule has 1 unspecified atom stereocenters. The molecule has 1 atom stereocenters. The van der Waals surface area contributed by atoms with Gasteiger partial charge in [0.1, 0.15) is 0 Å². The highest BCUT2D eigenvalue weighted by Crippen LogP contribution is 2.22. The Hall–Kier alpha value is -1.30. The monoisotopic (exact) mass is 297 g/mol. The molecule has 0 radical (unpaired) electrons. The summed E-state index contributed by atoms with van der Waals surface area (Å²) < 4.78 is 5.34. The standard InChI is InChI=1S/C14H20ClN3O2/c1-18(11-5-7-20-9-11)6-4-14(19)17-13-3-2-10(15)8-12(13)16/h2-3,8,11H,4-7,9,16H2,1H3,(H,17,19). The van der Waals surface area contributed by atoms with Gasteiger partial charge in [-0.2, -0.15) is 0 Å². The van der Waals surface area contributed by atoms with Crippen LogP contribution in [0.5, 0.6) is 0 Å². The second-order valence-electron chi connectivity index (χ2n) is 5.03. The van der Waals surface area contributed by atoms with Crippen molar-refractivity contribution in [3.05, 3.63) is 23.2 Å². The second-order valence-corrected chi connectivity index (χ2v) is 5.46. The van der Waals surface area contributed by atoms with E-state index in [9.17, 15) is 4.79 Å². The first-order valence-electron chi connectivity index (χ1n) is 6.69. The van der Waals surface area contributed by atoms with Crippen molar-refractivity contribution in [3.63, 3.8) is 0 Å². The fourth-order valence-corrected chi connectivity index (χ4v) is 2.37. The highest BCUT2D eigenvalue weighted by molar-refractivity contribution is 6.31. The van der Waals surface area contributed by atoms with Gasteiger partial charge in [-0.1, -0.05) is 11.6 Å². The van der Waals surface area contributed by atoms with Gasteiger partial charge in [-0.05, 0) is 31.7 Å². The average Bonchev–Trinajstić information content (AvgIpc) is 2.93. The summed E-state index contributed by atoms with van der Waals surface area (Å²) in [6, 6.07) is 5.46. The predicted molar refractivity (Wildman–Crippen MR) is 81.0 cm³/mol. The number of hydrogen-bond donors (Lipinski definition) is 2. The normalized spacial score (nSPS) is 18.4. The van der Waals surface area contributed by atoms with E-state index in [1.165, 1.54) is 0 Å². The lowest BCUT2D eigenvalue weighted by Crippen LogP contribution is -2.34. The molecule has 5 nitrogen and oxygen atoms in total. The van der Waals surface area contributed by atoms with E-state index in [0.29, 0.717) is 35.4 Å². The van der Waals surface area contributed by atoms with Crippen LogP contribution >= 0.6 is 11.6 Å². The molecule has 1 aliphatic rings. The van der Waals surface area contributed by atoms with Crippen LogP contribution in [0.2, 0.25) is 5.02 Å². The third-order valence-corrected chi connectivity index (χ3v) is 3.74. The van der Waals surface area contributed by atoms with E-state index < -0.39 is 0 Å². The van der Waals surface area contributed by atoms with Gasteiger partial charge in [0.25, 0.3) is 0 Å². The number of anilines is 2. The summed E-state index contributed by atoms with van der Waals surface area (Å²) in [5.41, 5.74) is 6.88. The highest BCUT2D eigenvalue weighted by atomic mass is 35.5. The zero-order chi connectivity index (χ0) is 14.5. The number of hydrogen-bond acceptors (Lipinski definition) is 4. The number of amides is 1. The van der Waals surface area contributed by atoms with Crippen molar-refractivity contribution < 1.29 is 9.53 Å². The number of nitrogens with zero attached hydrogens (tertiary/aromatic N) is 1. The van der Waals surface area contributed by atoms with Crippen LogP contribution in [0.4, 0.5) is 11.4 Å². The fraction of sp³-hybridized carbons (Fsp3) is 0.500. The van der Waals surface area contributed by atoms with Crippen molar-refractivity contribution in [2.24, 2.45) is 0 Å². The zero-order valence-corrected chi connectivity index (χ0v) is 12.3. The van der Waals surface area contributed by atoms with Gasteiger partial charge >= 0.3 is 0 Å². The van der Waals surface area contributed by atoms with E-state index in [2.05, 4.69) is 10.2 Å². The van der Waals surface area contributed by atoms with E-state index in [0.717, 1.165) is 19.6 Å². The van der Waals surface area contributed by atoms with Gasteiger partial charge in [-0.25, -0.2) is 0 Å². The van der Waals surface area contributed by atoms with Crippen LogP contribution in [0, 0.1) is 0 Å². The first kappa shape index (κ1) is 15.1. The summed E-state index contributed by atoms with van der Waals surface area (Å²) in [5.74, 6) is -0.0511. The molecular weight excluding hydrogens is 278 g/mol. The number of nitrogen functional groups attached to an aromatic ring is 1. The quantitative estimate of drug-likeness (QED) is 0.816. The number of benzene rings is 1. The Labute approximate surface area is 124 Å². The largest absolute Gasteiger partial charge is 0.397 e. The van der Waals surface area contributed by atoms with E-state index in [1.54, 1.807) is 18.2 Å². The predicted octanol–water partition coefficient (Wildman–Crippen LogP) is 1.97. The van der Waals surface area contributed by atoms with Crippen LogP contribution in [0.15, 0.2) is 18.2 Å². The fourth-order valence-electron chi connectivity index (χ4n) is 2.19. The first-order valence-corrected chi connectivity index (χ1v) is 7.07. The SMILES string of the molecule is CN(CCC(=O)Nc1ccc(Cl)cc1N)C1CCOC1. The Balaban J connectivity index is 1.80. The minimum Gasteiger partial charge on any atom is -0.397 e. The van der Waals surface area contributed by atoms with Gasteiger partial charge < -0.3 is 20.7 Å². The van der Waals surface area contributed by atoms with Gasteiger partial charge in [-0.3, -0.25) is 4.79 Å². The second kappa shape index (κ2) is 6.92. The van der Waals surface area contributed by atoms with Crippen LogP contribution in [0.1, 0.15) is 12.8 Å². The van der Waals surface area contributed by atoms with Crippen molar-refractivity contribution in [2.75, 3.05) is 37.9 Å². The molecule has 1 saturated heterocycles. The molecule has 1 amide bonds. The molecular formula is C14H20ClN3O2. The third-order valence-electron chi connectivity index (χ3n) is 3.51. The van der Waals surface area contributed by atoms with E-state index >= 15 is 0 Å². The molecule has 2 rings (SSSR count). The summed E-state index contributed by atoms with van der Waals surface area (Å²) >= 11 is 5.82. The maximum atomic E-state index is 11.9. The van der Waals surface area contributed by atoms with Crippen molar-refractivity contribution in [3.8, 4) is 0 Å². The van der Waals surface area contributed by atoms with Crippen LogP contribution in [0.3, 0.4) is 0 Å². The van der Waals surface area contributed by atoms with Gasteiger partial charge in [0.15, 0.2) is 0 Å². The lowest BCUT2D eigenvalue weighted by molar-refractivity contribution is -0.116. The molecule has 6 heteroatoms. The molecule has 1 fully saturated rings. The summed E-state index contributed by atoms with van der Waals surface area (Å²) in [4.78, 5) is 14.1. The first-order chi connectivity index (χ1) is 9.56. The minimum atomic E-state index is -0.0511. The lowest BCUT2D eigenvalue weighted by Gasteiger charge is -2.22. The Bertz CT molecular complexity index is 475. The molecule has 0 saturated carbocycles. The van der Waals surface area contributed by atoms with Gasteiger partial charge in [-0.15, -0.1) is 0 Å². The van der Waals surface area contributed by atoms with Crippen LogP contribution in [-0.2, 0) is 9.53 Å². The number of carbonyl (C=O) groups is 1. The number of likely N-dealkylation sites (N-methyl/N-ethyl adjacent to an activating group) is 1. The van der Waals surface area contributed by atoms with Crippen LogP contribution in [0.25, 0.3) is 0 Å². The van der Waals surface area contributed by atoms with E-state index in [4.69, 9.17) is 22.1 Å². The van der Waals surface area contributed by atoms with Crippen LogP contribution < -0.4 is 11.1 Å². The number of ether oxygens (including phenoxy) is 1. The minimum absolute atomic E-state index is 0.0511. The number of rotatable bonds is 5. The molecule has 0 spiro atoms. The summed E-state index contributed by atoms with van der Waals surface area (Å²) in [6.45, 7) is 2.26. The molecule has 3 N–H and O–H groups in total. The maximum absolute atomic E-state index is 11.9. The zero-order valence-electron chi connectivity index (χ0n) is 11.6. The van der Waals surface area contributed by atoms with Crippen molar-refractivity contribution in [1.82, 2.24) is 4.90 Å². The lowest BCUT2D eigenvalue weighted by atomic mass is 10.2. The third kappa shape index (κ3) is 4.10. The molecule has 0 aliphatic carbocycles. The highest BCUT2D eigenvalue weighted by Gasteiger charge is 2.20. The molecule has 0 aromatic heterocycles. The molecule has 1 aromatic rings. The number of nitrogens with two attached hydrogens (primary N) is 1. The molecule has 20 heavy (non-hydrogen) atoms. The Morgan fingerprint density at radius 1 is 1.60 bits per heavy atom. The smallest absolute Gasteiger partial charge is 0.225 e. The van der Waals surface area contributed by atoms with E-state index in [-0.39, 0.29) is 5.91 Å². The summed E-state index contributed by atoms with van der Waals surface area (Å²) in [6.07, 6.45) is 1.46. The summed E-state index contributed by atoms with van der Waals surface area (Å²) in [5, 5.41) is 3.36. The van der Waals surface area contributed by atoms with Gasteiger partial charge in [0, 0.05) is 30.6 Å². The van der Waals surface area contributed by atoms with E-state index in [1.807, 2.05) is 7.05 Å². The topological polar surface area (TPSA) is 67.6 Å². The molecule has 0 bridgehead atoms. The number of nitrogens with one attached hydrogen (secondary N) is 1. The van der Waals surface area contributed by atoms with Gasteiger partial charge in [0.2, 0.25) is 5.91 Å². The molecule has 1 aromatic carbocycles. The maximum Gasteiger partial charge on any atom is 0.225 e. The Morgan fingerprint density at radius 3 is 3.05 bits per heavy atom. The summed E-state index contributed by atoms with van der Waals surface area (Å²) in [7, 11) is 2.02. The Kier molecular flexibility index (Phi) is 5.23. The van der Waals surface area contributed by atoms with Crippen LogP contribution in [-0.4, -0.2) is 43.7 Å². The molecule has 1 heterocycles. The Morgan fingerprint density at radius 2 is 2.40 bits per heavy atom. The number of carbonyl (C=O) groups excluding carboxylic acids is 1. The van der Waals surface area contributed by atoms with Gasteiger partial charge in [0.05, 0.1) is 18.0 Å². The molecule has 1 aliphatic heterocycles. The average molecular weight is 298 g/mol. The molecule has 110 valence electrons. The number of halogens is 1. The van der Waals surface area contributed by atoms with Crippen molar-refractivity contribution in [1.29, 1.82) is 0 Å². The van der Waals surface area contributed by atoms with Crippen molar-refractivity contribution >= 4 is 28.9 Å². The van der Waals surface area contributed by atoms with Crippen molar-refractivity contribution in [2.45, 2.75) is 18.9 Å².